The van der Waals surface area contributed by atoms with Crippen molar-refractivity contribution in [3.8, 4) is 0 Å². The van der Waals surface area contributed by atoms with Gasteiger partial charge in [0, 0.05) is 49.0 Å². The van der Waals surface area contributed by atoms with Gasteiger partial charge in [-0.05, 0) is 30.7 Å². The highest BCUT2D eigenvalue weighted by atomic mass is 32.2. The Bertz CT molecular complexity index is 1230. The number of benzene rings is 2. The third-order valence-electron chi connectivity index (χ3n) is 5.57. The number of carbonyl (C=O) groups excluding carboxylic acids is 2. The lowest BCUT2D eigenvalue weighted by Crippen LogP contribution is -2.49. The van der Waals surface area contributed by atoms with Crippen LogP contribution in [-0.4, -0.2) is 62.5 Å². The Hall–Kier alpha value is -3.33. The van der Waals surface area contributed by atoms with Gasteiger partial charge in [0.15, 0.2) is 6.29 Å². The summed E-state index contributed by atoms with van der Waals surface area (Å²) in [4.78, 5) is 27.4. The molecule has 0 aliphatic carbocycles. The average molecular weight is 456 g/mol. The zero-order chi connectivity index (χ0) is 22.7. The largest absolute Gasteiger partial charge is 0.450 e. The van der Waals surface area contributed by atoms with Crippen LogP contribution in [0.2, 0.25) is 0 Å². The van der Waals surface area contributed by atoms with Gasteiger partial charge in [-0.1, -0.05) is 30.3 Å². The maximum absolute atomic E-state index is 13.1. The van der Waals surface area contributed by atoms with Gasteiger partial charge in [-0.25, -0.2) is 17.2 Å². The van der Waals surface area contributed by atoms with E-state index in [2.05, 4.69) is 4.90 Å². The Morgan fingerprint density at radius 2 is 1.78 bits per heavy atom. The van der Waals surface area contributed by atoms with E-state index in [0.29, 0.717) is 61.1 Å². The summed E-state index contributed by atoms with van der Waals surface area (Å²) >= 11 is 0. The van der Waals surface area contributed by atoms with Crippen LogP contribution in [0.25, 0.3) is 10.9 Å². The van der Waals surface area contributed by atoms with Crippen molar-refractivity contribution in [2.24, 2.45) is 0 Å². The van der Waals surface area contributed by atoms with Crippen LogP contribution in [-0.2, 0) is 20.5 Å². The summed E-state index contributed by atoms with van der Waals surface area (Å²) in [5, 5.41) is 0.585. The van der Waals surface area contributed by atoms with Crippen LogP contribution in [0.4, 0.5) is 10.5 Å². The highest BCUT2D eigenvalue weighted by molar-refractivity contribution is 7.89. The SMILES string of the molecule is CCOC(=O)N1CCN(c2ccc3c(c2)c(C=O)cn3S(=O)(=O)Cc2ccccc2)CC1. The molecule has 9 heteroatoms. The second kappa shape index (κ2) is 9.04. The molecule has 8 nitrogen and oxygen atoms in total. The molecule has 0 N–H and O–H groups in total. The molecule has 168 valence electrons. The number of piperazine rings is 1. The van der Waals surface area contributed by atoms with E-state index in [-0.39, 0.29) is 11.8 Å². The first-order valence-corrected chi connectivity index (χ1v) is 12.1. The first-order valence-electron chi connectivity index (χ1n) is 10.5. The summed E-state index contributed by atoms with van der Waals surface area (Å²) in [6, 6.07) is 14.4. The molecular formula is C23H25N3O5S. The lowest BCUT2D eigenvalue weighted by atomic mass is 10.1. The number of hydrogen-bond donors (Lipinski definition) is 0. The van der Waals surface area contributed by atoms with Crippen molar-refractivity contribution < 1.29 is 22.7 Å². The van der Waals surface area contributed by atoms with Gasteiger partial charge in [-0.15, -0.1) is 0 Å². The number of rotatable bonds is 6. The van der Waals surface area contributed by atoms with E-state index in [4.69, 9.17) is 4.74 Å². The fraction of sp³-hybridized carbons (Fsp3) is 0.304. The molecule has 4 rings (SSSR count). The number of aldehydes is 1. The Labute approximate surface area is 187 Å². The third kappa shape index (κ3) is 4.34. The molecule has 1 amide bonds. The quantitative estimate of drug-likeness (QED) is 0.531. The Morgan fingerprint density at radius 3 is 2.44 bits per heavy atom. The summed E-state index contributed by atoms with van der Waals surface area (Å²) in [5.74, 6) is -0.159. The molecule has 0 bridgehead atoms. The van der Waals surface area contributed by atoms with E-state index in [0.717, 1.165) is 5.69 Å². The highest BCUT2D eigenvalue weighted by Gasteiger charge is 2.24. The highest BCUT2D eigenvalue weighted by Crippen LogP contribution is 2.29. The molecule has 32 heavy (non-hydrogen) atoms. The zero-order valence-electron chi connectivity index (χ0n) is 17.8. The summed E-state index contributed by atoms with van der Waals surface area (Å²) < 4.78 is 32.4. The molecule has 1 aromatic heterocycles. The van der Waals surface area contributed by atoms with Crippen molar-refractivity contribution in [2.45, 2.75) is 12.7 Å². The van der Waals surface area contributed by atoms with Gasteiger partial charge < -0.3 is 14.5 Å². The maximum atomic E-state index is 13.1. The zero-order valence-corrected chi connectivity index (χ0v) is 18.6. The van der Waals surface area contributed by atoms with Gasteiger partial charge in [0.1, 0.15) is 0 Å². The number of amides is 1. The molecule has 1 aliphatic rings. The van der Waals surface area contributed by atoms with Gasteiger partial charge >= 0.3 is 6.09 Å². The molecule has 1 saturated heterocycles. The number of ether oxygens (including phenoxy) is 1. The van der Waals surface area contributed by atoms with Gasteiger partial charge in [-0.3, -0.25) is 4.79 Å². The van der Waals surface area contributed by atoms with Crippen molar-refractivity contribution in [1.29, 1.82) is 0 Å². The van der Waals surface area contributed by atoms with Crippen LogP contribution < -0.4 is 4.90 Å². The standard InChI is InChI=1S/C23H25N3O5S/c1-2-31-23(28)25-12-10-24(11-13-25)20-8-9-22-21(14-20)19(16-27)15-26(22)32(29,30)17-18-6-4-3-5-7-18/h3-9,14-16H,2,10-13,17H2,1H3. The molecule has 3 aromatic rings. The maximum Gasteiger partial charge on any atom is 0.409 e. The van der Waals surface area contributed by atoms with Crippen LogP contribution in [0.3, 0.4) is 0 Å². The van der Waals surface area contributed by atoms with Crippen LogP contribution in [0.1, 0.15) is 22.8 Å². The van der Waals surface area contributed by atoms with Gasteiger partial charge in [0.05, 0.1) is 17.9 Å². The summed E-state index contributed by atoms with van der Waals surface area (Å²) in [6.07, 6.45) is 1.75. The summed E-state index contributed by atoms with van der Waals surface area (Å²) in [6.45, 7) is 4.42. The molecule has 0 radical (unpaired) electrons. The number of carbonyl (C=O) groups is 2. The second-order valence-electron chi connectivity index (χ2n) is 7.61. The number of anilines is 1. The molecule has 2 heterocycles. The van der Waals surface area contributed by atoms with Crippen molar-refractivity contribution >= 4 is 39.0 Å². The molecular weight excluding hydrogens is 430 g/mol. The van der Waals surface area contributed by atoms with E-state index in [9.17, 15) is 18.0 Å². The lowest BCUT2D eigenvalue weighted by Gasteiger charge is -2.35. The van der Waals surface area contributed by atoms with Crippen LogP contribution >= 0.6 is 0 Å². The van der Waals surface area contributed by atoms with E-state index >= 15 is 0 Å². The summed E-state index contributed by atoms with van der Waals surface area (Å²) in [7, 11) is -3.70. The topological polar surface area (TPSA) is 88.9 Å². The number of aromatic nitrogens is 1. The Morgan fingerprint density at radius 1 is 1.06 bits per heavy atom. The Kier molecular flexibility index (Phi) is 6.18. The molecule has 0 atom stereocenters. The first-order chi connectivity index (χ1) is 15.4. The van der Waals surface area contributed by atoms with E-state index in [1.807, 2.05) is 18.2 Å². The molecule has 1 fully saturated rings. The van der Waals surface area contributed by atoms with Crippen molar-refractivity contribution in [1.82, 2.24) is 8.87 Å². The van der Waals surface area contributed by atoms with Gasteiger partial charge in [0.2, 0.25) is 10.0 Å². The van der Waals surface area contributed by atoms with Gasteiger partial charge in [-0.2, -0.15) is 0 Å². The number of fused-ring (bicyclic) bond motifs is 1. The molecule has 0 unspecified atom stereocenters. The van der Waals surface area contributed by atoms with Crippen molar-refractivity contribution in [2.75, 3.05) is 37.7 Å². The predicted octanol–water partition coefficient (Wildman–Crippen LogP) is 3.11. The number of nitrogens with zero attached hydrogens (tertiary/aromatic N) is 3. The third-order valence-corrected chi connectivity index (χ3v) is 7.17. The Balaban J connectivity index is 1.60. The van der Waals surface area contributed by atoms with E-state index in [1.54, 1.807) is 42.2 Å². The van der Waals surface area contributed by atoms with E-state index in [1.165, 1.54) is 10.2 Å². The molecule has 0 spiro atoms. The molecule has 0 saturated carbocycles. The number of hydrogen-bond acceptors (Lipinski definition) is 6. The second-order valence-corrected chi connectivity index (χ2v) is 9.46. The minimum atomic E-state index is -3.70. The van der Waals surface area contributed by atoms with Crippen molar-refractivity contribution in [3.63, 3.8) is 0 Å². The minimum absolute atomic E-state index is 0.159. The first kappa shape index (κ1) is 21.9. The monoisotopic (exact) mass is 455 g/mol. The fourth-order valence-corrected chi connectivity index (χ4v) is 5.44. The van der Waals surface area contributed by atoms with Crippen LogP contribution in [0.15, 0.2) is 54.7 Å². The lowest BCUT2D eigenvalue weighted by molar-refractivity contribution is 0.105. The normalized spacial score (nSPS) is 14.5. The van der Waals surface area contributed by atoms with Gasteiger partial charge in [0.25, 0.3) is 0 Å². The average Bonchev–Trinajstić information content (AvgIpc) is 3.19. The fourth-order valence-electron chi connectivity index (χ4n) is 3.95. The smallest absolute Gasteiger partial charge is 0.409 e. The predicted molar refractivity (Wildman–Crippen MR) is 123 cm³/mol. The molecule has 2 aromatic carbocycles. The van der Waals surface area contributed by atoms with Crippen LogP contribution in [0, 0.1) is 0 Å². The minimum Gasteiger partial charge on any atom is -0.450 e. The summed E-state index contributed by atoms with van der Waals surface area (Å²) in [5.41, 5.74) is 2.35. The van der Waals surface area contributed by atoms with E-state index < -0.39 is 10.0 Å². The van der Waals surface area contributed by atoms with Crippen molar-refractivity contribution in [3.05, 3.63) is 65.9 Å². The molecule has 1 aliphatic heterocycles. The van der Waals surface area contributed by atoms with Crippen LogP contribution in [0.5, 0.6) is 0 Å².